The van der Waals surface area contributed by atoms with Crippen molar-refractivity contribution in [3.8, 4) is 5.75 Å². The van der Waals surface area contributed by atoms with Crippen LogP contribution in [0.4, 0.5) is 5.95 Å². The van der Waals surface area contributed by atoms with E-state index in [-0.39, 0.29) is 17.3 Å². The Kier molecular flexibility index (Phi) is 6.02. The SMILES string of the molecule is CCCCCCCn1c(=O)c(C(=O)Nc2nc3ccccc3[nH]2)c(O)c2ccccc21. The van der Waals surface area contributed by atoms with Gasteiger partial charge in [0.1, 0.15) is 11.3 Å². The third-order valence-electron chi connectivity index (χ3n) is 5.48. The number of hydrogen-bond acceptors (Lipinski definition) is 4. The Bertz CT molecular complexity index is 1260. The number of nitrogens with one attached hydrogen (secondary N) is 2. The van der Waals surface area contributed by atoms with Crippen molar-refractivity contribution in [1.82, 2.24) is 14.5 Å². The smallest absolute Gasteiger partial charge is 0.267 e. The first kappa shape index (κ1) is 20.7. The van der Waals surface area contributed by atoms with Gasteiger partial charge in [0.05, 0.1) is 16.6 Å². The highest BCUT2D eigenvalue weighted by molar-refractivity contribution is 6.08. The highest BCUT2D eigenvalue weighted by Gasteiger charge is 2.23. The summed E-state index contributed by atoms with van der Waals surface area (Å²) in [5.41, 5.74) is 1.32. The second-order valence-electron chi connectivity index (χ2n) is 7.67. The van der Waals surface area contributed by atoms with Gasteiger partial charge in [0.15, 0.2) is 0 Å². The summed E-state index contributed by atoms with van der Waals surface area (Å²) in [4.78, 5) is 33.6. The summed E-state index contributed by atoms with van der Waals surface area (Å²) < 4.78 is 1.59. The molecule has 7 heteroatoms. The minimum Gasteiger partial charge on any atom is -0.506 e. The van der Waals surface area contributed by atoms with Gasteiger partial charge in [-0.1, -0.05) is 56.9 Å². The van der Waals surface area contributed by atoms with Crippen LogP contribution in [0.5, 0.6) is 5.75 Å². The molecule has 0 unspecified atom stereocenters. The van der Waals surface area contributed by atoms with Gasteiger partial charge in [0.25, 0.3) is 11.5 Å². The summed E-state index contributed by atoms with van der Waals surface area (Å²) in [5, 5.41) is 13.9. The fourth-order valence-electron chi connectivity index (χ4n) is 3.87. The van der Waals surface area contributed by atoms with Gasteiger partial charge >= 0.3 is 0 Å². The van der Waals surface area contributed by atoms with E-state index in [1.54, 1.807) is 22.8 Å². The molecule has 2 aromatic carbocycles. The van der Waals surface area contributed by atoms with Crippen LogP contribution in [-0.2, 0) is 6.54 Å². The lowest BCUT2D eigenvalue weighted by Crippen LogP contribution is -2.30. The monoisotopic (exact) mass is 418 g/mol. The standard InChI is InChI=1S/C24H26N4O3/c1-2-3-4-5-10-15-28-19-14-9-6-11-16(19)21(29)20(23(28)31)22(30)27-24-25-17-12-7-8-13-18(17)26-24/h6-9,11-14,29H,2-5,10,15H2,1H3,(H2,25,26,27,30). The number of nitrogens with zero attached hydrogens (tertiary/aromatic N) is 2. The van der Waals surface area contributed by atoms with E-state index in [0.29, 0.717) is 23.0 Å². The van der Waals surface area contributed by atoms with Gasteiger partial charge in [-0.25, -0.2) is 4.98 Å². The largest absolute Gasteiger partial charge is 0.506 e. The van der Waals surface area contributed by atoms with Gasteiger partial charge < -0.3 is 14.7 Å². The first-order valence-corrected chi connectivity index (χ1v) is 10.7. The number of fused-ring (bicyclic) bond motifs is 2. The quantitative estimate of drug-likeness (QED) is 0.358. The van der Waals surface area contributed by atoms with E-state index < -0.39 is 11.5 Å². The van der Waals surface area contributed by atoms with Crippen molar-refractivity contribution >= 4 is 33.8 Å². The van der Waals surface area contributed by atoms with E-state index in [1.807, 2.05) is 30.3 Å². The average Bonchev–Trinajstić information content (AvgIpc) is 3.18. The molecule has 2 heterocycles. The molecule has 7 nitrogen and oxygen atoms in total. The summed E-state index contributed by atoms with van der Waals surface area (Å²) >= 11 is 0. The third kappa shape index (κ3) is 4.17. The van der Waals surface area contributed by atoms with Crippen molar-refractivity contribution < 1.29 is 9.90 Å². The van der Waals surface area contributed by atoms with E-state index in [9.17, 15) is 14.7 Å². The maximum Gasteiger partial charge on any atom is 0.267 e. The molecule has 0 spiro atoms. The number of aryl methyl sites for hydroxylation is 1. The molecule has 0 saturated heterocycles. The number of aromatic hydroxyl groups is 1. The van der Waals surface area contributed by atoms with Crippen LogP contribution in [0.2, 0.25) is 0 Å². The van der Waals surface area contributed by atoms with E-state index in [4.69, 9.17) is 0 Å². The zero-order valence-electron chi connectivity index (χ0n) is 17.5. The molecule has 3 N–H and O–H groups in total. The number of hydrogen-bond donors (Lipinski definition) is 3. The Morgan fingerprint density at radius 3 is 2.61 bits per heavy atom. The number of para-hydroxylation sites is 3. The van der Waals surface area contributed by atoms with Crippen LogP contribution in [0.25, 0.3) is 21.9 Å². The molecule has 0 fully saturated rings. The zero-order valence-corrected chi connectivity index (χ0v) is 17.5. The summed E-state index contributed by atoms with van der Waals surface area (Å²) in [6, 6.07) is 14.5. The predicted molar refractivity (Wildman–Crippen MR) is 123 cm³/mol. The van der Waals surface area contributed by atoms with Crippen LogP contribution in [-0.4, -0.2) is 25.5 Å². The second kappa shape index (κ2) is 9.04. The van der Waals surface area contributed by atoms with E-state index in [1.165, 1.54) is 0 Å². The van der Waals surface area contributed by atoms with Crippen LogP contribution in [0.1, 0.15) is 49.4 Å². The number of aromatic amines is 1. The minimum absolute atomic E-state index is 0.226. The molecular formula is C24H26N4O3. The van der Waals surface area contributed by atoms with Gasteiger partial charge in [-0.3, -0.25) is 14.9 Å². The normalized spacial score (nSPS) is 11.3. The van der Waals surface area contributed by atoms with Gasteiger partial charge in [0, 0.05) is 11.9 Å². The maximum atomic E-state index is 13.2. The number of imidazole rings is 1. The molecule has 0 radical (unpaired) electrons. The lowest BCUT2D eigenvalue weighted by atomic mass is 10.1. The van der Waals surface area contributed by atoms with Crippen molar-refractivity contribution in [2.24, 2.45) is 0 Å². The molecular weight excluding hydrogens is 392 g/mol. The zero-order chi connectivity index (χ0) is 21.8. The number of amides is 1. The first-order chi connectivity index (χ1) is 15.1. The molecule has 0 atom stereocenters. The lowest BCUT2D eigenvalue weighted by molar-refractivity contribution is 0.102. The van der Waals surface area contributed by atoms with Crippen LogP contribution in [0.15, 0.2) is 53.3 Å². The van der Waals surface area contributed by atoms with Gasteiger partial charge in [-0.15, -0.1) is 0 Å². The number of carbonyl (C=O) groups is 1. The van der Waals surface area contributed by atoms with Crippen LogP contribution in [0, 0.1) is 0 Å². The molecule has 4 aromatic rings. The summed E-state index contributed by atoms with van der Waals surface area (Å²) in [6.45, 7) is 2.65. The average molecular weight is 418 g/mol. The summed E-state index contributed by atoms with van der Waals surface area (Å²) in [7, 11) is 0. The number of carbonyl (C=O) groups excluding carboxylic acids is 1. The number of unbranched alkanes of at least 4 members (excludes halogenated alkanes) is 4. The minimum atomic E-state index is -0.688. The highest BCUT2D eigenvalue weighted by Crippen LogP contribution is 2.27. The van der Waals surface area contributed by atoms with Gasteiger partial charge in [-0.05, 0) is 30.7 Å². The molecule has 31 heavy (non-hydrogen) atoms. The van der Waals surface area contributed by atoms with Gasteiger partial charge in [0.2, 0.25) is 5.95 Å². The molecule has 0 aliphatic heterocycles. The van der Waals surface area contributed by atoms with Crippen LogP contribution >= 0.6 is 0 Å². The molecule has 0 aliphatic rings. The van der Waals surface area contributed by atoms with E-state index >= 15 is 0 Å². The number of aromatic nitrogens is 3. The molecule has 160 valence electrons. The number of pyridine rings is 1. The van der Waals surface area contributed by atoms with Crippen molar-refractivity contribution in [1.29, 1.82) is 0 Å². The van der Waals surface area contributed by atoms with Crippen LogP contribution < -0.4 is 10.9 Å². The highest BCUT2D eigenvalue weighted by atomic mass is 16.3. The van der Waals surface area contributed by atoms with Gasteiger partial charge in [-0.2, -0.15) is 0 Å². The number of anilines is 1. The Morgan fingerprint density at radius 1 is 1.06 bits per heavy atom. The van der Waals surface area contributed by atoms with Crippen molar-refractivity contribution in [3.05, 3.63) is 64.4 Å². The Hall–Kier alpha value is -3.61. The van der Waals surface area contributed by atoms with Crippen LogP contribution in [0.3, 0.4) is 0 Å². The molecule has 2 aromatic heterocycles. The van der Waals surface area contributed by atoms with E-state index in [2.05, 4.69) is 22.2 Å². The Labute approximate surface area is 179 Å². The predicted octanol–water partition coefficient (Wildman–Crippen LogP) is 4.81. The molecule has 0 aliphatic carbocycles. The number of H-pyrrole nitrogens is 1. The molecule has 4 rings (SSSR count). The molecule has 0 bridgehead atoms. The van der Waals surface area contributed by atoms with E-state index in [0.717, 1.165) is 37.6 Å². The maximum absolute atomic E-state index is 13.2. The molecule has 0 saturated carbocycles. The fraction of sp³-hybridized carbons (Fsp3) is 0.292. The summed E-state index contributed by atoms with van der Waals surface area (Å²) in [6.07, 6.45) is 5.26. The Morgan fingerprint density at radius 2 is 1.81 bits per heavy atom. The summed E-state index contributed by atoms with van der Waals surface area (Å²) in [5.74, 6) is -0.771. The topological polar surface area (TPSA) is 100 Å². The fourth-order valence-corrected chi connectivity index (χ4v) is 3.87. The first-order valence-electron chi connectivity index (χ1n) is 10.7. The Balaban J connectivity index is 1.69. The van der Waals surface area contributed by atoms with Crippen molar-refractivity contribution in [2.45, 2.75) is 45.6 Å². The van der Waals surface area contributed by atoms with Crippen molar-refractivity contribution in [3.63, 3.8) is 0 Å². The third-order valence-corrected chi connectivity index (χ3v) is 5.48. The molecule has 1 amide bonds. The number of benzene rings is 2. The second-order valence-corrected chi connectivity index (χ2v) is 7.67. The number of rotatable bonds is 8. The lowest BCUT2D eigenvalue weighted by Gasteiger charge is -2.14. The van der Waals surface area contributed by atoms with Crippen molar-refractivity contribution in [2.75, 3.05) is 5.32 Å².